The van der Waals surface area contributed by atoms with Gasteiger partial charge in [0.1, 0.15) is 17.1 Å². The van der Waals surface area contributed by atoms with Crippen molar-refractivity contribution in [3.63, 3.8) is 0 Å². The Morgan fingerprint density at radius 2 is 1.84 bits per heavy atom. The Labute approximate surface area is 220 Å². The van der Waals surface area contributed by atoms with Crippen LogP contribution >= 0.6 is 23.2 Å². The zero-order valence-electron chi connectivity index (χ0n) is 19.2. The highest BCUT2D eigenvalue weighted by atomic mass is 35.5. The molecule has 0 atom stereocenters. The Hall–Kier alpha value is -4.21. The van der Waals surface area contributed by atoms with E-state index in [-0.39, 0.29) is 27.7 Å². The largest absolute Gasteiger partial charge is 0.482 e. The molecule has 4 rings (SSSR count). The molecule has 1 heterocycles. The molecule has 5 amide bonds. The molecule has 188 valence electrons. The first kappa shape index (κ1) is 25.9. The lowest BCUT2D eigenvalue weighted by atomic mass is 10.1. The first-order chi connectivity index (χ1) is 17.6. The first-order valence-electron chi connectivity index (χ1n) is 10.8. The molecule has 0 aromatic heterocycles. The number of nitrogens with zero attached hydrogens (tertiary/aromatic N) is 1. The Morgan fingerprint density at radius 3 is 2.57 bits per heavy atom. The molecule has 11 heteroatoms. The van der Waals surface area contributed by atoms with E-state index >= 15 is 0 Å². The number of barbiturate groups is 1. The fourth-order valence-corrected chi connectivity index (χ4v) is 3.89. The van der Waals surface area contributed by atoms with Crippen LogP contribution in [0, 0.1) is 12.7 Å². The summed E-state index contributed by atoms with van der Waals surface area (Å²) in [6.07, 6.45) is 1.28. The SMILES string of the molecule is Cc1ccc(Cl)cc1N1C(=O)NC(=O)/C(=C\c2ccc(OCC(=O)Nc3ccccc3F)c(Cl)c2)C1=O. The average molecular weight is 542 g/mol. The average Bonchev–Trinajstić information content (AvgIpc) is 2.84. The molecule has 1 saturated heterocycles. The third kappa shape index (κ3) is 5.79. The van der Waals surface area contributed by atoms with Crippen molar-refractivity contribution in [2.45, 2.75) is 6.92 Å². The van der Waals surface area contributed by atoms with Crippen LogP contribution < -0.4 is 20.3 Å². The van der Waals surface area contributed by atoms with E-state index in [4.69, 9.17) is 27.9 Å². The number of rotatable bonds is 6. The van der Waals surface area contributed by atoms with Crippen LogP contribution in [-0.2, 0) is 14.4 Å². The number of nitrogens with one attached hydrogen (secondary N) is 2. The number of imide groups is 2. The molecule has 1 fully saturated rings. The highest BCUT2D eigenvalue weighted by Gasteiger charge is 2.37. The fourth-order valence-electron chi connectivity index (χ4n) is 3.48. The lowest BCUT2D eigenvalue weighted by Gasteiger charge is -2.27. The van der Waals surface area contributed by atoms with Gasteiger partial charge in [-0.05, 0) is 60.5 Å². The summed E-state index contributed by atoms with van der Waals surface area (Å²) >= 11 is 12.3. The zero-order valence-corrected chi connectivity index (χ0v) is 20.7. The van der Waals surface area contributed by atoms with E-state index in [1.807, 2.05) is 0 Å². The molecule has 0 spiro atoms. The van der Waals surface area contributed by atoms with E-state index in [0.717, 1.165) is 4.90 Å². The number of hydrogen-bond donors (Lipinski definition) is 2. The maximum Gasteiger partial charge on any atom is 0.335 e. The maximum absolute atomic E-state index is 13.7. The molecule has 0 unspecified atom stereocenters. The van der Waals surface area contributed by atoms with Gasteiger partial charge >= 0.3 is 6.03 Å². The zero-order chi connectivity index (χ0) is 26.7. The summed E-state index contributed by atoms with van der Waals surface area (Å²) in [5.41, 5.74) is 0.922. The van der Waals surface area contributed by atoms with Gasteiger partial charge < -0.3 is 10.1 Å². The van der Waals surface area contributed by atoms with E-state index in [1.54, 1.807) is 25.1 Å². The summed E-state index contributed by atoms with van der Waals surface area (Å²) in [7, 11) is 0. The molecule has 8 nitrogen and oxygen atoms in total. The van der Waals surface area contributed by atoms with E-state index < -0.39 is 36.2 Å². The number of hydrogen-bond acceptors (Lipinski definition) is 5. The van der Waals surface area contributed by atoms with Gasteiger partial charge in [0.05, 0.1) is 16.4 Å². The molecular weight excluding hydrogens is 524 g/mol. The molecule has 3 aromatic rings. The van der Waals surface area contributed by atoms with Crippen LogP contribution in [0.3, 0.4) is 0 Å². The van der Waals surface area contributed by atoms with E-state index in [2.05, 4.69) is 10.6 Å². The summed E-state index contributed by atoms with van der Waals surface area (Å²) in [5.74, 6) is -2.73. The standard InChI is InChI=1S/C26H18Cl2FN3O5/c1-14-6-8-16(27)12-21(14)32-25(35)17(24(34)31-26(32)36)10-15-7-9-22(18(28)11-15)37-13-23(33)30-20-5-3-2-4-19(20)29/h2-12H,13H2,1H3,(H,30,33)(H,31,34,36)/b17-10+. The van der Waals surface area contributed by atoms with Gasteiger partial charge in [-0.2, -0.15) is 0 Å². The number of para-hydroxylation sites is 1. The van der Waals surface area contributed by atoms with Gasteiger partial charge in [-0.15, -0.1) is 0 Å². The van der Waals surface area contributed by atoms with Crippen molar-refractivity contribution in [1.29, 1.82) is 0 Å². The lowest BCUT2D eigenvalue weighted by Crippen LogP contribution is -2.54. The summed E-state index contributed by atoms with van der Waals surface area (Å²) in [4.78, 5) is 50.9. The molecule has 0 radical (unpaired) electrons. The molecule has 2 N–H and O–H groups in total. The number of halogens is 3. The van der Waals surface area contributed by atoms with Crippen molar-refractivity contribution >= 4 is 64.4 Å². The summed E-state index contributed by atoms with van der Waals surface area (Å²) in [6.45, 7) is 1.26. The normalized spacial score (nSPS) is 14.5. The summed E-state index contributed by atoms with van der Waals surface area (Å²) in [5, 5.41) is 4.94. The molecule has 0 saturated carbocycles. The number of ether oxygens (including phenoxy) is 1. The van der Waals surface area contributed by atoms with Crippen molar-refractivity contribution in [3.8, 4) is 5.75 Å². The highest BCUT2D eigenvalue weighted by molar-refractivity contribution is 6.40. The quantitative estimate of drug-likeness (QED) is 0.332. The van der Waals surface area contributed by atoms with E-state index in [9.17, 15) is 23.6 Å². The van der Waals surface area contributed by atoms with Crippen molar-refractivity contribution < 1.29 is 28.3 Å². The molecule has 1 aliphatic heterocycles. The third-order valence-electron chi connectivity index (χ3n) is 5.29. The lowest BCUT2D eigenvalue weighted by molar-refractivity contribution is -0.122. The number of urea groups is 1. The van der Waals surface area contributed by atoms with Crippen molar-refractivity contribution in [1.82, 2.24) is 5.32 Å². The second-order valence-electron chi connectivity index (χ2n) is 7.90. The van der Waals surface area contributed by atoms with Gasteiger partial charge in [0.25, 0.3) is 17.7 Å². The van der Waals surface area contributed by atoms with Gasteiger partial charge in [0.15, 0.2) is 6.61 Å². The van der Waals surface area contributed by atoms with Gasteiger partial charge in [-0.25, -0.2) is 14.1 Å². The van der Waals surface area contributed by atoms with Crippen molar-refractivity contribution in [2.75, 3.05) is 16.8 Å². The smallest absolute Gasteiger partial charge is 0.335 e. The third-order valence-corrected chi connectivity index (χ3v) is 5.82. The van der Waals surface area contributed by atoms with Gasteiger partial charge in [0.2, 0.25) is 0 Å². The Morgan fingerprint density at radius 1 is 1.08 bits per heavy atom. The number of carbonyl (C=O) groups excluding carboxylic acids is 4. The van der Waals surface area contributed by atoms with Gasteiger partial charge in [0, 0.05) is 5.02 Å². The minimum absolute atomic E-state index is 0.0140. The van der Waals surface area contributed by atoms with Gasteiger partial charge in [-0.3, -0.25) is 19.7 Å². The molecule has 37 heavy (non-hydrogen) atoms. The van der Waals surface area contributed by atoms with Crippen LogP contribution in [0.25, 0.3) is 6.08 Å². The van der Waals surface area contributed by atoms with E-state index in [0.29, 0.717) is 16.1 Å². The van der Waals surface area contributed by atoms with Crippen molar-refractivity contribution in [3.05, 3.63) is 93.2 Å². The number of carbonyl (C=O) groups is 4. The first-order valence-corrected chi connectivity index (χ1v) is 11.5. The van der Waals surface area contributed by atoms with Gasteiger partial charge in [-0.1, -0.05) is 47.5 Å². The minimum atomic E-state index is -0.895. The number of benzene rings is 3. The predicted octanol–water partition coefficient (Wildman–Crippen LogP) is 5.12. The number of anilines is 2. The monoisotopic (exact) mass is 541 g/mol. The Kier molecular flexibility index (Phi) is 7.56. The van der Waals surface area contributed by atoms with Crippen LogP contribution in [0.15, 0.2) is 66.2 Å². The molecule has 3 aromatic carbocycles. The summed E-state index contributed by atoms with van der Waals surface area (Å²) < 4.78 is 19.1. The Bertz CT molecular complexity index is 1470. The summed E-state index contributed by atoms with van der Waals surface area (Å²) in [6, 6.07) is 13.9. The fraction of sp³-hybridized carbons (Fsp3) is 0.0769. The van der Waals surface area contributed by atoms with Crippen molar-refractivity contribution in [2.24, 2.45) is 0 Å². The highest BCUT2D eigenvalue weighted by Crippen LogP contribution is 2.30. The maximum atomic E-state index is 13.7. The number of amides is 5. The second kappa shape index (κ2) is 10.8. The molecule has 0 bridgehead atoms. The Balaban J connectivity index is 1.51. The van der Waals surface area contributed by atoms with Crippen LogP contribution in [0.1, 0.15) is 11.1 Å². The van der Waals surface area contributed by atoms with E-state index in [1.165, 1.54) is 48.5 Å². The molecule has 0 aliphatic carbocycles. The van der Waals surface area contributed by atoms with Crippen LogP contribution in [0.5, 0.6) is 5.75 Å². The molecular formula is C26H18Cl2FN3O5. The topological polar surface area (TPSA) is 105 Å². The predicted molar refractivity (Wildman–Crippen MR) is 137 cm³/mol. The number of aryl methyl sites for hydroxylation is 1. The minimum Gasteiger partial charge on any atom is -0.482 e. The molecule has 1 aliphatic rings. The van der Waals surface area contributed by atoms with Crippen LogP contribution in [0.4, 0.5) is 20.6 Å². The van der Waals surface area contributed by atoms with Crippen LogP contribution in [0.2, 0.25) is 10.0 Å². The second-order valence-corrected chi connectivity index (χ2v) is 8.74. The van der Waals surface area contributed by atoms with Crippen LogP contribution in [-0.4, -0.2) is 30.4 Å².